The lowest BCUT2D eigenvalue weighted by molar-refractivity contribution is 0.669. The fourth-order valence-electron chi connectivity index (χ4n) is 7.69. The Kier molecular flexibility index (Phi) is 5.06. The van der Waals surface area contributed by atoms with Crippen LogP contribution in [0.1, 0.15) is 0 Å². The zero-order chi connectivity index (χ0) is 29.5. The molecule has 0 aliphatic heterocycles. The summed E-state index contributed by atoms with van der Waals surface area (Å²) in [5.41, 5.74) is 9.40. The smallest absolute Gasteiger partial charge is 0.136 e. The average Bonchev–Trinajstić information content (AvgIpc) is 3.50. The van der Waals surface area contributed by atoms with Crippen LogP contribution >= 0.6 is 0 Å². The van der Waals surface area contributed by atoms with Gasteiger partial charge in [0.25, 0.3) is 0 Å². The predicted octanol–water partition coefficient (Wildman–Crippen LogP) is 12.6. The standard InChI is InChI=1S/C44H26O/c1-2-10-27(11-3-1)29-21-22-31-30(26-29)13-8-18-32(31)42-33-14-4-6-16-35(33)43(36-17-7-5-15-34(36)42)37-24-25-40-44-38(37)23-20-28-12-9-19-39(45-40)41(28)44/h1-26H. The molecular weight excluding hydrogens is 544 g/mol. The Morgan fingerprint density at radius 3 is 1.64 bits per heavy atom. The van der Waals surface area contributed by atoms with E-state index < -0.39 is 0 Å². The highest BCUT2D eigenvalue weighted by atomic mass is 16.3. The van der Waals surface area contributed by atoms with Gasteiger partial charge < -0.3 is 4.42 Å². The van der Waals surface area contributed by atoms with Gasteiger partial charge in [-0.15, -0.1) is 0 Å². The maximum Gasteiger partial charge on any atom is 0.136 e. The van der Waals surface area contributed by atoms with Gasteiger partial charge in [-0.05, 0) is 101 Å². The van der Waals surface area contributed by atoms with Crippen LogP contribution in [0.5, 0.6) is 0 Å². The van der Waals surface area contributed by atoms with Crippen molar-refractivity contribution in [3.63, 3.8) is 0 Å². The van der Waals surface area contributed by atoms with Gasteiger partial charge in [-0.1, -0.05) is 133 Å². The molecule has 0 bridgehead atoms. The molecule has 0 atom stereocenters. The molecule has 1 heterocycles. The Hall–Kier alpha value is -5.92. The molecule has 1 heteroatoms. The van der Waals surface area contributed by atoms with E-state index in [-0.39, 0.29) is 0 Å². The first-order valence-electron chi connectivity index (χ1n) is 15.5. The average molecular weight is 571 g/mol. The van der Waals surface area contributed by atoms with Crippen molar-refractivity contribution in [2.45, 2.75) is 0 Å². The van der Waals surface area contributed by atoms with Crippen LogP contribution in [0.4, 0.5) is 0 Å². The second-order valence-corrected chi connectivity index (χ2v) is 12.0. The molecule has 0 amide bonds. The van der Waals surface area contributed by atoms with Gasteiger partial charge >= 0.3 is 0 Å². The second-order valence-electron chi connectivity index (χ2n) is 12.0. The molecule has 10 aromatic rings. The summed E-state index contributed by atoms with van der Waals surface area (Å²) in [7, 11) is 0. The molecule has 45 heavy (non-hydrogen) atoms. The predicted molar refractivity (Wildman–Crippen MR) is 191 cm³/mol. The number of benzene rings is 9. The van der Waals surface area contributed by atoms with Crippen molar-refractivity contribution in [2.24, 2.45) is 0 Å². The van der Waals surface area contributed by atoms with Gasteiger partial charge in [0, 0.05) is 10.8 Å². The zero-order valence-electron chi connectivity index (χ0n) is 24.4. The van der Waals surface area contributed by atoms with Gasteiger partial charge in [0.2, 0.25) is 0 Å². The molecule has 208 valence electrons. The molecule has 0 radical (unpaired) electrons. The van der Waals surface area contributed by atoms with E-state index in [9.17, 15) is 0 Å². The van der Waals surface area contributed by atoms with Gasteiger partial charge in [-0.3, -0.25) is 0 Å². The molecule has 1 aromatic heterocycles. The van der Waals surface area contributed by atoms with Gasteiger partial charge in [-0.25, -0.2) is 0 Å². The molecule has 10 rings (SSSR count). The van der Waals surface area contributed by atoms with Crippen LogP contribution in [0.25, 0.3) is 98.4 Å². The van der Waals surface area contributed by atoms with E-state index in [0.29, 0.717) is 0 Å². The first-order valence-corrected chi connectivity index (χ1v) is 15.5. The highest BCUT2D eigenvalue weighted by molar-refractivity contribution is 6.29. The Labute approximate surface area is 259 Å². The molecule has 0 N–H and O–H groups in total. The van der Waals surface area contributed by atoms with Crippen molar-refractivity contribution in [3.05, 3.63) is 158 Å². The minimum Gasteiger partial charge on any atom is -0.456 e. The minimum atomic E-state index is 0.941. The number of rotatable bonds is 3. The molecule has 0 aliphatic carbocycles. The lowest BCUT2D eigenvalue weighted by Crippen LogP contribution is -1.92. The summed E-state index contributed by atoms with van der Waals surface area (Å²) in [5, 5.41) is 12.4. The van der Waals surface area contributed by atoms with Crippen LogP contribution in [0.2, 0.25) is 0 Å². The Balaban J connectivity index is 1.30. The molecule has 9 aromatic carbocycles. The third kappa shape index (κ3) is 3.50. The number of fused-ring (bicyclic) bond motifs is 3. The normalized spacial score (nSPS) is 12.0. The highest BCUT2D eigenvalue weighted by Gasteiger charge is 2.21. The molecule has 1 nitrogen and oxygen atoms in total. The van der Waals surface area contributed by atoms with Crippen LogP contribution in [0, 0.1) is 0 Å². The summed E-state index contributed by atoms with van der Waals surface area (Å²) in [4.78, 5) is 0. The molecular formula is C44H26O. The largest absolute Gasteiger partial charge is 0.456 e. The Morgan fingerprint density at radius 1 is 0.311 bits per heavy atom. The maximum absolute atomic E-state index is 6.33. The van der Waals surface area contributed by atoms with Crippen molar-refractivity contribution < 1.29 is 4.42 Å². The van der Waals surface area contributed by atoms with Gasteiger partial charge in [0.15, 0.2) is 0 Å². The zero-order valence-corrected chi connectivity index (χ0v) is 24.4. The van der Waals surface area contributed by atoms with E-state index in [0.717, 1.165) is 11.2 Å². The van der Waals surface area contributed by atoms with Gasteiger partial charge in [0.05, 0.1) is 0 Å². The summed E-state index contributed by atoms with van der Waals surface area (Å²) in [6, 6.07) is 57.4. The van der Waals surface area contributed by atoms with Crippen molar-refractivity contribution in [1.82, 2.24) is 0 Å². The van der Waals surface area contributed by atoms with Gasteiger partial charge in [-0.2, -0.15) is 0 Å². The monoisotopic (exact) mass is 570 g/mol. The Morgan fingerprint density at radius 2 is 0.911 bits per heavy atom. The first-order chi connectivity index (χ1) is 22.3. The summed E-state index contributed by atoms with van der Waals surface area (Å²) in [6.45, 7) is 0. The van der Waals surface area contributed by atoms with Crippen LogP contribution in [-0.2, 0) is 0 Å². The Bertz CT molecular complexity index is 2690. The minimum absolute atomic E-state index is 0.941. The van der Waals surface area contributed by atoms with Crippen LogP contribution in [-0.4, -0.2) is 0 Å². The van der Waals surface area contributed by atoms with E-state index in [1.165, 1.54) is 87.2 Å². The summed E-state index contributed by atoms with van der Waals surface area (Å²) in [6.07, 6.45) is 0. The molecule has 0 spiro atoms. The maximum atomic E-state index is 6.33. The van der Waals surface area contributed by atoms with E-state index >= 15 is 0 Å². The lowest BCUT2D eigenvalue weighted by atomic mass is 9.83. The SMILES string of the molecule is c1ccc(-c2ccc3c(-c4c5ccccc5c(-c5ccc6oc7cccc8ccc5c6c87)c5ccccc45)cccc3c2)cc1. The van der Waals surface area contributed by atoms with Crippen molar-refractivity contribution >= 4 is 65.0 Å². The summed E-state index contributed by atoms with van der Waals surface area (Å²) >= 11 is 0. The molecule has 0 saturated heterocycles. The van der Waals surface area contributed by atoms with Crippen LogP contribution < -0.4 is 0 Å². The fraction of sp³-hybridized carbons (Fsp3) is 0. The summed E-state index contributed by atoms with van der Waals surface area (Å²) in [5.74, 6) is 0. The van der Waals surface area contributed by atoms with Crippen LogP contribution in [0.3, 0.4) is 0 Å². The number of hydrogen-bond donors (Lipinski definition) is 0. The van der Waals surface area contributed by atoms with E-state index in [1.807, 2.05) is 0 Å². The second kappa shape index (κ2) is 9.29. The third-order valence-corrected chi connectivity index (χ3v) is 9.62. The lowest BCUT2D eigenvalue weighted by Gasteiger charge is -2.20. The summed E-state index contributed by atoms with van der Waals surface area (Å²) < 4.78 is 6.33. The molecule has 0 fully saturated rings. The number of furan rings is 1. The molecule has 0 aliphatic rings. The molecule has 0 saturated carbocycles. The van der Waals surface area contributed by atoms with E-state index in [1.54, 1.807) is 0 Å². The highest BCUT2D eigenvalue weighted by Crippen LogP contribution is 2.48. The quantitative estimate of drug-likeness (QED) is 0.152. The molecule has 0 unspecified atom stereocenters. The van der Waals surface area contributed by atoms with Crippen LogP contribution in [0.15, 0.2) is 162 Å². The van der Waals surface area contributed by atoms with E-state index in [2.05, 4.69) is 158 Å². The van der Waals surface area contributed by atoms with Crippen molar-refractivity contribution in [2.75, 3.05) is 0 Å². The van der Waals surface area contributed by atoms with Crippen molar-refractivity contribution in [3.8, 4) is 33.4 Å². The number of hydrogen-bond acceptors (Lipinski definition) is 1. The van der Waals surface area contributed by atoms with Gasteiger partial charge in [0.1, 0.15) is 11.2 Å². The fourth-order valence-corrected chi connectivity index (χ4v) is 7.69. The topological polar surface area (TPSA) is 13.1 Å². The first kappa shape index (κ1) is 24.5. The van der Waals surface area contributed by atoms with E-state index in [4.69, 9.17) is 4.42 Å². The third-order valence-electron chi connectivity index (χ3n) is 9.62. The van der Waals surface area contributed by atoms with Crippen molar-refractivity contribution in [1.29, 1.82) is 0 Å².